The minimum absolute atomic E-state index is 0.0471. The molecule has 1 atom stereocenters. The molecule has 0 fully saturated rings. The Morgan fingerprint density at radius 1 is 1.00 bits per heavy atom. The Labute approximate surface area is 170 Å². The summed E-state index contributed by atoms with van der Waals surface area (Å²) in [6.45, 7) is -2.77. The summed E-state index contributed by atoms with van der Waals surface area (Å²) in [6.07, 6.45) is -0.562. The Morgan fingerprint density at radius 3 is 2.57 bits per heavy atom. The standard InChI is InChI=1S/C22H16F2N2O4/c23-22(24)30-15-8-5-13(6-9-15)20-25-17-4-2-1-3-16(17)21(27)26(20)14-7-10-18-19(11-14)29-12-28-18/h1-11,20,22,25H,12H2/t20-/m1/s1. The lowest BCUT2D eigenvalue weighted by Gasteiger charge is -2.38. The van der Waals surface area contributed by atoms with E-state index in [9.17, 15) is 13.6 Å². The number of fused-ring (bicyclic) bond motifs is 2. The van der Waals surface area contributed by atoms with Crippen molar-refractivity contribution in [1.82, 2.24) is 0 Å². The third-order valence-corrected chi connectivity index (χ3v) is 4.98. The molecular formula is C22H16F2N2O4. The van der Waals surface area contributed by atoms with Crippen molar-refractivity contribution in [2.45, 2.75) is 12.8 Å². The number of alkyl halides is 2. The number of rotatable bonds is 4. The second kappa shape index (κ2) is 7.22. The third kappa shape index (κ3) is 3.16. The lowest BCUT2D eigenvalue weighted by atomic mass is 10.0. The van der Waals surface area contributed by atoms with E-state index in [4.69, 9.17) is 9.47 Å². The zero-order valence-electron chi connectivity index (χ0n) is 15.5. The number of halogens is 2. The second-order valence-corrected chi connectivity index (χ2v) is 6.75. The summed E-state index contributed by atoms with van der Waals surface area (Å²) in [4.78, 5) is 15.0. The molecule has 0 radical (unpaired) electrons. The maximum atomic E-state index is 13.4. The number of benzene rings is 3. The van der Waals surface area contributed by atoms with E-state index < -0.39 is 12.8 Å². The number of hydrogen-bond donors (Lipinski definition) is 1. The molecule has 1 amide bonds. The fourth-order valence-electron chi connectivity index (χ4n) is 3.62. The van der Waals surface area contributed by atoms with Crippen molar-refractivity contribution in [3.05, 3.63) is 77.9 Å². The molecule has 0 aromatic heterocycles. The molecule has 8 heteroatoms. The lowest BCUT2D eigenvalue weighted by Crippen LogP contribution is -2.43. The maximum Gasteiger partial charge on any atom is 0.387 e. The van der Waals surface area contributed by atoms with E-state index in [2.05, 4.69) is 10.1 Å². The molecule has 0 unspecified atom stereocenters. The van der Waals surface area contributed by atoms with Crippen molar-refractivity contribution in [2.75, 3.05) is 17.0 Å². The molecule has 30 heavy (non-hydrogen) atoms. The number of ether oxygens (including phenoxy) is 3. The van der Waals surface area contributed by atoms with Crippen LogP contribution < -0.4 is 24.4 Å². The molecule has 0 spiro atoms. The van der Waals surface area contributed by atoms with Gasteiger partial charge in [0.2, 0.25) is 6.79 Å². The van der Waals surface area contributed by atoms with Crippen molar-refractivity contribution in [3.63, 3.8) is 0 Å². The minimum Gasteiger partial charge on any atom is -0.454 e. The molecule has 0 bridgehead atoms. The molecule has 5 rings (SSSR count). The van der Waals surface area contributed by atoms with Gasteiger partial charge in [-0.15, -0.1) is 0 Å². The average molecular weight is 410 g/mol. The van der Waals surface area contributed by atoms with Crippen LogP contribution in [0, 0.1) is 0 Å². The topological polar surface area (TPSA) is 60.0 Å². The van der Waals surface area contributed by atoms with Gasteiger partial charge in [-0.05, 0) is 42.0 Å². The van der Waals surface area contributed by atoms with Gasteiger partial charge in [0.25, 0.3) is 5.91 Å². The predicted octanol–water partition coefficient (Wildman–Crippen LogP) is 4.79. The number of hydrogen-bond acceptors (Lipinski definition) is 5. The summed E-state index contributed by atoms with van der Waals surface area (Å²) in [5.74, 6) is 1.02. The van der Waals surface area contributed by atoms with Crippen molar-refractivity contribution in [3.8, 4) is 17.2 Å². The average Bonchev–Trinajstić information content (AvgIpc) is 3.22. The highest BCUT2D eigenvalue weighted by molar-refractivity contribution is 6.12. The van der Waals surface area contributed by atoms with Crippen LogP contribution in [0.1, 0.15) is 22.1 Å². The Morgan fingerprint density at radius 2 is 1.77 bits per heavy atom. The van der Waals surface area contributed by atoms with Gasteiger partial charge in [-0.1, -0.05) is 24.3 Å². The van der Waals surface area contributed by atoms with E-state index in [0.29, 0.717) is 34.0 Å². The van der Waals surface area contributed by atoms with E-state index in [1.54, 1.807) is 47.4 Å². The van der Waals surface area contributed by atoms with Crippen molar-refractivity contribution < 1.29 is 27.8 Å². The Hall–Kier alpha value is -3.81. The van der Waals surface area contributed by atoms with Gasteiger partial charge in [0.1, 0.15) is 11.9 Å². The number of nitrogens with zero attached hydrogens (tertiary/aromatic N) is 1. The summed E-state index contributed by atoms with van der Waals surface area (Å²) in [5, 5.41) is 3.36. The molecule has 2 heterocycles. The highest BCUT2D eigenvalue weighted by Crippen LogP contribution is 2.41. The zero-order chi connectivity index (χ0) is 20.7. The van der Waals surface area contributed by atoms with Crippen LogP contribution in [0.5, 0.6) is 17.2 Å². The highest BCUT2D eigenvalue weighted by atomic mass is 19.3. The smallest absolute Gasteiger partial charge is 0.387 e. The fourth-order valence-corrected chi connectivity index (χ4v) is 3.62. The van der Waals surface area contributed by atoms with Gasteiger partial charge >= 0.3 is 6.61 Å². The maximum absolute atomic E-state index is 13.4. The van der Waals surface area contributed by atoms with Crippen molar-refractivity contribution in [1.29, 1.82) is 0 Å². The lowest BCUT2D eigenvalue weighted by molar-refractivity contribution is -0.0498. The van der Waals surface area contributed by atoms with Gasteiger partial charge in [0.05, 0.1) is 11.3 Å². The number of anilines is 2. The Kier molecular flexibility index (Phi) is 4.39. The number of nitrogens with one attached hydrogen (secondary N) is 1. The van der Waals surface area contributed by atoms with E-state index in [0.717, 1.165) is 0 Å². The number of carbonyl (C=O) groups excluding carboxylic acids is 1. The third-order valence-electron chi connectivity index (χ3n) is 4.98. The van der Waals surface area contributed by atoms with E-state index in [1.807, 2.05) is 12.1 Å². The summed E-state index contributed by atoms with van der Waals surface area (Å²) < 4.78 is 40.2. The van der Waals surface area contributed by atoms with E-state index in [-0.39, 0.29) is 18.4 Å². The Bertz CT molecular complexity index is 1100. The molecular weight excluding hydrogens is 394 g/mol. The number of carbonyl (C=O) groups is 1. The molecule has 3 aromatic carbocycles. The summed E-state index contributed by atoms with van der Waals surface area (Å²) >= 11 is 0. The number of para-hydroxylation sites is 1. The molecule has 2 aliphatic rings. The van der Waals surface area contributed by atoms with Gasteiger partial charge in [-0.25, -0.2) is 0 Å². The normalized spacial score (nSPS) is 17.0. The van der Waals surface area contributed by atoms with Crippen LogP contribution in [-0.4, -0.2) is 19.3 Å². The largest absolute Gasteiger partial charge is 0.454 e. The van der Waals surface area contributed by atoms with Crippen LogP contribution in [0.3, 0.4) is 0 Å². The monoisotopic (exact) mass is 410 g/mol. The first kappa shape index (κ1) is 18.2. The molecule has 6 nitrogen and oxygen atoms in total. The number of amides is 1. The van der Waals surface area contributed by atoms with Crippen LogP contribution in [-0.2, 0) is 0 Å². The molecule has 0 saturated carbocycles. The highest BCUT2D eigenvalue weighted by Gasteiger charge is 2.34. The van der Waals surface area contributed by atoms with Gasteiger partial charge in [0, 0.05) is 11.8 Å². The molecule has 0 aliphatic carbocycles. The van der Waals surface area contributed by atoms with E-state index in [1.165, 1.54) is 12.1 Å². The summed E-state index contributed by atoms with van der Waals surface area (Å²) in [7, 11) is 0. The first-order valence-corrected chi connectivity index (χ1v) is 9.24. The predicted molar refractivity (Wildman–Crippen MR) is 105 cm³/mol. The summed E-state index contributed by atoms with van der Waals surface area (Å²) in [6, 6.07) is 18.7. The first-order valence-electron chi connectivity index (χ1n) is 9.24. The van der Waals surface area contributed by atoms with Crippen molar-refractivity contribution in [2.24, 2.45) is 0 Å². The van der Waals surface area contributed by atoms with Crippen LogP contribution >= 0.6 is 0 Å². The van der Waals surface area contributed by atoms with Crippen molar-refractivity contribution >= 4 is 17.3 Å². The van der Waals surface area contributed by atoms with E-state index >= 15 is 0 Å². The molecule has 1 N–H and O–H groups in total. The summed E-state index contributed by atoms with van der Waals surface area (Å²) in [5.41, 5.74) is 2.54. The van der Waals surface area contributed by atoms with Gasteiger partial charge in [-0.3, -0.25) is 9.69 Å². The Balaban J connectivity index is 1.57. The van der Waals surface area contributed by atoms with Crippen LogP contribution in [0.4, 0.5) is 20.2 Å². The molecule has 2 aliphatic heterocycles. The molecule has 0 saturated heterocycles. The first-order chi connectivity index (χ1) is 14.6. The fraction of sp³-hybridized carbons (Fsp3) is 0.136. The molecule has 3 aromatic rings. The second-order valence-electron chi connectivity index (χ2n) is 6.75. The van der Waals surface area contributed by atoms with Gasteiger partial charge in [0.15, 0.2) is 11.5 Å². The quantitative estimate of drug-likeness (QED) is 0.670. The molecule has 152 valence electrons. The van der Waals surface area contributed by atoms with Crippen LogP contribution in [0.25, 0.3) is 0 Å². The van der Waals surface area contributed by atoms with Crippen LogP contribution in [0.15, 0.2) is 66.7 Å². The van der Waals surface area contributed by atoms with Gasteiger partial charge in [-0.2, -0.15) is 8.78 Å². The zero-order valence-corrected chi connectivity index (χ0v) is 15.5. The minimum atomic E-state index is -2.90. The SMILES string of the molecule is O=C1c2ccccc2N[C@@H](c2ccc(OC(F)F)cc2)N1c1ccc2c(c1)OCO2. The van der Waals surface area contributed by atoms with Crippen LogP contribution in [0.2, 0.25) is 0 Å². The van der Waals surface area contributed by atoms with Gasteiger partial charge < -0.3 is 19.5 Å².